The Kier molecular flexibility index (Phi) is 5.11. The molecule has 2 unspecified atom stereocenters. The minimum absolute atomic E-state index is 0.127. The van der Waals surface area contributed by atoms with Crippen LogP contribution in [-0.2, 0) is 0 Å². The summed E-state index contributed by atoms with van der Waals surface area (Å²) < 4.78 is 27.7. The molecule has 1 aromatic rings. The molecule has 4 heteroatoms. The fourth-order valence-electron chi connectivity index (χ4n) is 3.27. The van der Waals surface area contributed by atoms with E-state index in [1.165, 1.54) is 18.2 Å². The molecular weight excluding hydrogens is 258 g/mol. The normalized spacial score (nSPS) is 24.9. The molecule has 1 heterocycles. The lowest BCUT2D eigenvalue weighted by atomic mass is 9.88. The summed E-state index contributed by atoms with van der Waals surface area (Å²) in [6.07, 6.45) is 3.15. The molecule has 2 N–H and O–H groups in total. The van der Waals surface area contributed by atoms with Gasteiger partial charge in [-0.3, -0.25) is 4.90 Å². The number of hydrogen-bond donors (Lipinski definition) is 1. The van der Waals surface area contributed by atoms with Crippen LogP contribution >= 0.6 is 0 Å². The average Bonchev–Trinajstić information content (AvgIpc) is 2.63. The van der Waals surface area contributed by atoms with Crippen LogP contribution < -0.4 is 5.73 Å². The summed E-state index contributed by atoms with van der Waals surface area (Å²) in [6.45, 7) is 5.62. The highest BCUT2D eigenvalue weighted by Crippen LogP contribution is 2.37. The van der Waals surface area contributed by atoms with Gasteiger partial charge in [-0.25, -0.2) is 8.78 Å². The number of benzene rings is 1. The number of rotatable bonds is 3. The predicted octanol–water partition coefficient (Wildman–Crippen LogP) is 3.48. The minimum atomic E-state index is -0.384. The molecule has 0 amide bonds. The quantitative estimate of drug-likeness (QED) is 0.919. The summed E-state index contributed by atoms with van der Waals surface area (Å²) in [5.74, 6) is -0.538. The van der Waals surface area contributed by atoms with Gasteiger partial charge in [0.15, 0.2) is 0 Å². The van der Waals surface area contributed by atoms with Crippen LogP contribution in [0.2, 0.25) is 0 Å². The monoisotopic (exact) mass is 282 g/mol. The Labute approximate surface area is 120 Å². The lowest BCUT2D eigenvalue weighted by Gasteiger charge is -2.38. The number of hydrogen-bond acceptors (Lipinski definition) is 2. The van der Waals surface area contributed by atoms with Crippen LogP contribution in [0.3, 0.4) is 0 Å². The van der Waals surface area contributed by atoms with Crippen molar-refractivity contribution in [2.24, 2.45) is 11.7 Å². The largest absolute Gasteiger partial charge is 0.330 e. The van der Waals surface area contributed by atoms with Gasteiger partial charge in [0.25, 0.3) is 0 Å². The first kappa shape index (κ1) is 15.4. The molecule has 0 saturated carbocycles. The molecule has 2 nitrogen and oxygen atoms in total. The maximum Gasteiger partial charge on any atom is 0.128 e. The molecule has 20 heavy (non-hydrogen) atoms. The second-order valence-corrected chi connectivity index (χ2v) is 5.93. The number of likely N-dealkylation sites (tertiary alicyclic amines) is 1. The van der Waals surface area contributed by atoms with Crippen LogP contribution in [0.25, 0.3) is 0 Å². The van der Waals surface area contributed by atoms with Crippen LogP contribution in [-0.4, -0.2) is 24.0 Å². The Bertz CT molecular complexity index is 448. The molecular formula is C16H24F2N2. The Morgan fingerprint density at radius 2 is 2.05 bits per heavy atom. The van der Waals surface area contributed by atoms with Gasteiger partial charge in [-0.2, -0.15) is 0 Å². The van der Waals surface area contributed by atoms with E-state index in [0.717, 1.165) is 25.8 Å². The van der Waals surface area contributed by atoms with E-state index in [1.807, 2.05) is 0 Å². The van der Waals surface area contributed by atoms with E-state index in [9.17, 15) is 8.78 Å². The molecule has 0 spiro atoms. The van der Waals surface area contributed by atoms with Gasteiger partial charge >= 0.3 is 0 Å². The molecule has 1 saturated heterocycles. The minimum Gasteiger partial charge on any atom is -0.330 e. The molecule has 1 aromatic carbocycles. The molecule has 2 atom stereocenters. The van der Waals surface area contributed by atoms with Crippen LogP contribution in [0, 0.1) is 17.6 Å². The summed E-state index contributed by atoms with van der Waals surface area (Å²) >= 11 is 0. The topological polar surface area (TPSA) is 29.3 Å². The van der Waals surface area contributed by atoms with Crippen LogP contribution in [0.15, 0.2) is 18.2 Å². The number of halogens is 2. The van der Waals surface area contributed by atoms with Crippen molar-refractivity contribution in [3.05, 3.63) is 35.4 Å². The lowest BCUT2D eigenvalue weighted by molar-refractivity contribution is 0.118. The van der Waals surface area contributed by atoms with E-state index in [0.29, 0.717) is 12.1 Å². The molecule has 0 aromatic heterocycles. The zero-order valence-electron chi connectivity index (χ0n) is 12.3. The molecule has 0 aliphatic carbocycles. The third-order valence-electron chi connectivity index (χ3n) is 4.29. The Morgan fingerprint density at radius 3 is 2.70 bits per heavy atom. The van der Waals surface area contributed by atoms with Gasteiger partial charge in [-0.15, -0.1) is 0 Å². The fraction of sp³-hybridized carbons (Fsp3) is 0.625. The first-order chi connectivity index (χ1) is 9.54. The van der Waals surface area contributed by atoms with Crippen molar-refractivity contribution in [1.82, 2.24) is 4.90 Å². The third kappa shape index (κ3) is 3.18. The first-order valence-corrected chi connectivity index (χ1v) is 7.45. The molecule has 1 fully saturated rings. The van der Waals surface area contributed by atoms with Crippen LogP contribution in [0.5, 0.6) is 0 Å². The summed E-state index contributed by atoms with van der Waals surface area (Å²) in [4.78, 5) is 2.27. The van der Waals surface area contributed by atoms with E-state index < -0.39 is 0 Å². The third-order valence-corrected chi connectivity index (χ3v) is 4.29. The maximum atomic E-state index is 14.2. The van der Waals surface area contributed by atoms with Crippen LogP contribution in [0.4, 0.5) is 8.78 Å². The number of nitrogens with two attached hydrogens (primary N) is 1. The first-order valence-electron chi connectivity index (χ1n) is 7.45. The van der Waals surface area contributed by atoms with Crippen molar-refractivity contribution < 1.29 is 8.78 Å². The van der Waals surface area contributed by atoms with E-state index in [-0.39, 0.29) is 29.6 Å². The van der Waals surface area contributed by atoms with Gasteiger partial charge in [0, 0.05) is 17.6 Å². The SMILES string of the molecule is CC(C)N1CCCCC(CN)C1c1cc(F)ccc1F. The molecule has 0 bridgehead atoms. The van der Waals surface area contributed by atoms with Crippen molar-refractivity contribution in [3.63, 3.8) is 0 Å². The Balaban J connectivity index is 2.45. The predicted molar refractivity (Wildman–Crippen MR) is 77.3 cm³/mol. The van der Waals surface area contributed by atoms with E-state index in [4.69, 9.17) is 5.73 Å². The highest BCUT2D eigenvalue weighted by atomic mass is 19.1. The second-order valence-electron chi connectivity index (χ2n) is 5.93. The van der Waals surface area contributed by atoms with Crippen LogP contribution in [0.1, 0.15) is 44.7 Å². The zero-order valence-corrected chi connectivity index (χ0v) is 12.3. The van der Waals surface area contributed by atoms with Gasteiger partial charge < -0.3 is 5.73 Å². The molecule has 2 rings (SSSR count). The lowest BCUT2D eigenvalue weighted by Crippen LogP contribution is -2.40. The average molecular weight is 282 g/mol. The summed E-state index contributed by atoms with van der Waals surface area (Å²) in [5, 5.41) is 0. The van der Waals surface area contributed by atoms with Gasteiger partial charge in [-0.1, -0.05) is 6.42 Å². The highest BCUT2D eigenvalue weighted by molar-refractivity contribution is 5.24. The van der Waals surface area contributed by atoms with Crippen molar-refractivity contribution in [2.45, 2.75) is 45.2 Å². The smallest absolute Gasteiger partial charge is 0.128 e. The van der Waals surface area contributed by atoms with E-state index in [1.54, 1.807) is 0 Å². The maximum absolute atomic E-state index is 14.2. The van der Waals surface area contributed by atoms with Crippen molar-refractivity contribution in [3.8, 4) is 0 Å². The van der Waals surface area contributed by atoms with Gasteiger partial charge in [0.2, 0.25) is 0 Å². The summed E-state index contributed by atoms with van der Waals surface area (Å²) in [6, 6.07) is 3.89. The second kappa shape index (κ2) is 6.64. The highest BCUT2D eigenvalue weighted by Gasteiger charge is 2.33. The van der Waals surface area contributed by atoms with E-state index in [2.05, 4.69) is 18.7 Å². The molecule has 1 aliphatic heterocycles. The summed E-state index contributed by atoms with van der Waals surface area (Å²) in [5.41, 5.74) is 6.36. The standard InChI is InChI=1S/C16H24F2N2/c1-11(2)20-8-4-3-5-12(10-19)16(20)14-9-13(17)6-7-15(14)18/h6-7,9,11-12,16H,3-5,8,10,19H2,1-2H3. The van der Waals surface area contributed by atoms with Crippen molar-refractivity contribution in [2.75, 3.05) is 13.1 Å². The van der Waals surface area contributed by atoms with Crippen molar-refractivity contribution in [1.29, 1.82) is 0 Å². The number of nitrogens with zero attached hydrogens (tertiary/aromatic N) is 1. The summed E-state index contributed by atoms with van der Waals surface area (Å²) in [7, 11) is 0. The zero-order chi connectivity index (χ0) is 14.7. The molecule has 112 valence electrons. The van der Waals surface area contributed by atoms with Gasteiger partial charge in [-0.05, 0) is 63.9 Å². The van der Waals surface area contributed by atoms with Gasteiger partial charge in [0.1, 0.15) is 11.6 Å². The molecule has 0 radical (unpaired) electrons. The van der Waals surface area contributed by atoms with E-state index >= 15 is 0 Å². The molecule has 1 aliphatic rings. The Morgan fingerprint density at radius 1 is 1.30 bits per heavy atom. The Hall–Kier alpha value is -1.00. The fourth-order valence-corrected chi connectivity index (χ4v) is 3.27. The van der Waals surface area contributed by atoms with Gasteiger partial charge in [0.05, 0.1) is 0 Å². The van der Waals surface area contributed by atoms with Crippen molar-refractivity contribution >= 4 is 0 Å².